The quantitative estimate of drug-likeness (QED) is 0.574. The number of carbonyl (C=O) groups excluding carboxylic acids is 1. The van der Waals surface area contributed by atoms with Crippen molar-refractivity contribution in [3.63, 3.8) is 0 Å². The predicted octanol–water partition coefficient (Wildman–Crippen LogP) is 3.41. The van der Waals surface area contributed by atoms with Crippen LogP contribution in [-0.4, -0.2) is 38.9 Å². The molecule has 0 radical (unpaired) electrons. The minimum Gasteiger partial charge on any atom is -0.379 e. The molecule has 7 nitrogen and oxygen atoms in total. The predicted molar refractivity (Wildman–Crippen MR) is 115 cm³/mol. The molecular formula is C23H22ClN5O2. The Labute approximate surface area is 185 Å². The number of amides is 1. The number of hydrogen-bond acceptors (Lipinski definition) is 5. The Morgan fingerprint density at radius 2 is 2.10 bits per heavy atom. The largest absolute Gasteiger partial charge is 0.379 e. The molecule has 4 heterocycles. The molecule has 0 N–H and O–H groups in total. The van der Waals surface area contributed by atoms with E-state index in [1.165, 1.54) is 0 Å². The summed E-state index contributed by atoms with van der Waals surface area (Å²) in [6, 6.07) is 9.96. The van der Waals surface area contributed by atoms with E-state index in [0.717, 1.165) is 47.6 Å². The topological polar surface area (TPSA) is 73.1 Å². The number of rotatable bonds is 5. The lowest BCUT2D eigenvalue weighted by Gasteiger charge is -2.42. The minimum atomic E-state index is -0.156. The zero-order valence-corrected chi connectivity index (χ0v) is 18.0. The van der Waals surface area contributed by atoms with Crippen LogP contribution in [-0.2, 0) is 30.2 Å². The van der Waals surface area contributed by atoms with Crippen LogP contribution in [0.1, 0.15) is 51.8 Å². The van der Waals surface area contributed by atoms with Gasteiger partial charge < -0.3 is 14.2 Å². The van der Waals surface area contributed by atoms with E-state index in [1.807, 2.05) is 28.6 Å². The highest BCUT2D eigenvalue weighted by Crippen LogP contribution is 2.45. The maximum atomic E-state index is 13.3. The molecule has 31 heavy (non-hydrogen) atoms. The number of pyridine rings is 1. The van der Waals surface area contributed by atoms with E-state index < -0.39 is 0 Å². The summed E-state index contributed by atoms with van der Waals surface area (Å²) >= 11 is 6.24. The first-order valence-electron chi connectivity index (χ1n) is 10.6. The second kappa shape index (κ2) is 6.87. The molecule has 3 aromatic rings. The number of anilines is 1. The van der Waals surface area contributed by atoms with E-state index in [-0.39, 0.29) is 11.3 Å². The smallest absolute Gasteiger partial charge is 0.259 e. The van der Waals surface area contributed by atoms with E-state index in [9.17, 15) is 4.79 Å². The van der Waals surface area contributed by atoms with Crippen LogP contribution in [0.15, 0.2) is 36.7 Å². The van der Waals surface area contributed by atoms with Gasteiger partial charge in [-0.15, -0.1) is 10.2 Å². The van der Waals surface area contributed by atoms with Crippen LogP contribution in [0.4, 0.5) is 5.69 Å². The number of nitrogens with zero attached hydrogens (tertiary/aromatic N) is 5. The summed E-state index contributed by atoms with van der Waals surface area (Å²) < 4.78 is 7.56. The van der Waals surface area contributed by atoms with Crippen molar-refractivity contribution in [1.29, 1.82) is 0 Å². The number of fused-ring (bicyclic) bond motifs is 1. The fraction of sp³-hybridized carbons (Fsp3) is 0.391. The standard InChI is InChI=1S/C23H22ClN5O2/c1-28-13-25-27-20(28)9-23(11-31-12-23)15-3-2-4-16(7-15)29-10-18-17(22(29)30)8-19(24)26-21(18)14-5-6-14/h2-4,7-8,13-14H,5-6,9-12H2,1H3. The molecule has 3 aliphatic rings. The van der Waals surface area contributed by atoms with Crippen molar-refractivity contribution in [2.45, 2.75) is 37.1 Å². The zero-order valence-electron chi connectivity index (χ0n) is 17.2. The number of ether oxygens (including phenoxy) is 1. The molecule has 2 aliphatic heterocycles. The number of benzene rings is 1. The van der Waals surface area contributed by atoms with Gasteiger partial charge in [0.25, 0.3) is 5.91 Å². The molecule has 158 valence electrons. The monoisotopic (exact) mass is 435 g/mol. The van der Waals surface area contributed by atoms with Gasteiger partial charge in [-0.3, -0.25) is 4.79 Å². The van der Waals surface area contributed by atoms with Gasteiger partial charge in [0.2, 0.25) is 0 Å². The van der Waals surface area contributed by atoms with Crippen LogP contribution in [0.3, 0.4) is 0 Å². The second-order valence-corrected chi connectivity index (χ2v) is 9.27. The van der Waals surface area contributed by atoms with Crippen molar-refractivity contribution in [3.8, 4) is 0 Å². The molecule has 2 aromatic heterocycles. The molecule has 0 bridgehead atoms. The lowest BCUT2D eigenvalue weighted by Crippen LogP contribution is -2.49. The SMILES string of the molecule is Cn1cnnc1CC1(c2cccc(N3Cc4c(cc(Cl)nc4C4CC4)C3=O)c2)COC1. The highest BCUT2D eigenvalue weighted by Gasteiger charge is 2.42. The van der Waals surface area contributed by atoms with Crippen LogP contribution < -0.4 is 4.90 Å². The van der Waals surface area contributed by atoms with Crippen molar-refractivity contribution in [2.24, 2.45) is 7.05 Å². The van der Waals surface area contributed by atoms with Crippen molar-refractivity contribution in [2.75, 3.05) is 18.1 Å². The summed E-state index contributed by atoms with van der Waals surface area (Å²) in [5.41, 5.74) is 4.61. The average Bonchev–Trinajstić information content (AvgIpc) is 3.43. The molecule has 0 spiro atoms. The fourth-order valence-corrected chi connectivity index (χ4v) is 4.89. The average molecular weight is 436 g/mol. The Hall–Kier alpha value is -2.77. The van der Waals surface area contributed by atoms with Crippen LogP contribution in [0.5, 0.6) is 0 Å². The third-order valence-corrected chi connectivity index (χ3v) is 6.90. The Bertz CT molecular complexity index is 1200. The van der Waals surface area contributed by atoms with Gasteiger partial charge in [0, 0.05) is 41.6 Å². The van der Waals surface area contributed by atoms with E-state index >= 15 is 0 Å². The van der Waals surface area contributed by atoms with Crippen molar-refractivity contribution in [3.05, 3.63) is 70.0 Å². The van der Waals surface area contributed by atoms with Gasteiger partial charge in [0.05, 0.1) is 25.5 Å². The summed E-state index contributed by atoms with van der Waals surface area (Å²) in [5, 5.41) is 8.67. The first-order valence-corrected chi connectivity index (χ1v) is 10.9. The second-order valence-electron chi connectivity index (χ2n) is 8.88. The lowest BCUT2D eigenvalue weighted by molar-refractivity contribution is -0.0611. The molecule has 0 unspecified atom stereocenters. The molecule has 1 aliphatic carbocycles. The fourth-order valence-electron chi connectivity index (χ4n) is 4.69. The van der Waals surface area contributed by atoms with E-state index in [0.29, 0.717) is 36.4 Å². The van der Waals surface area contributed by atoms with Gasteiger partial charge in [-0.2, -0.15) is 0 Å². The molecular weight excluding hydrogens is 414 g/mol. The summed E-state index contributed by atoms with van der Waals surface area (Å²) in [6.45, 7) is 1.80. The molecule has 1 saturated heterocycles. The number of carbonyl (C=O) groups is 1. The zero-order chi connectivity index (χ0) is 21.2. The maximum absolute atomic E-state index is 13.3. The van der Waals surface area contributed by atoms with Crippen molar-refractivity contribution >= 4 is 23.2 Å². The van der Waals surface area contributed by atoms with Gasteiger partial charge in [-0.05, 0) is 36.6 Å². The molecule has 8 heteroatoms. The Balaban J connectivity index is 1.34. The summed E-state index contributed by atoms with van der Waals surface area (Å²) in [5.74, 6) is 1.35. The Morgan fingerprint density at radius 1 is 1.26 bits per heavy atom. The van der Waals surface area contributed by atoms with Gasteiger partial charge >= 0.3 is 0 Å². The molecule has 1 saturated carbocycles. The third-order valence-electron chi connectivity index (χ3n) is 6.71. The van der Waals surface area contributed by atoms with Crippen LogP contribution >= 0.6 is 11.6 Å². The van der Waals surface area contributed by atoms with Crippen LogP contribution in [0.25, 0.3) is 0 Å². The minimum absolute atomic E-state index is 0.00874. The van der Waals surface area contributed by atoms with Gasteiger partial charge in [-0.1, -0.05) is 23.7 Å². The third kappa shape index (κ3) is 3.06. The highest BCUT2D eigenvalue weighted by molar-refractivity contribution is 6.30. The first kappa shape index (κ1) is 19.0. The molecule has 6 rings (SSSR count). The number of aromatic nitrogens is 4. The molecule has 0 atom stereocenters. The van der Waals surface area contributed by atoms with E-state index in [2.05, 4.69) is 27.3 Å². The van der Waals surface area contributed by atoms with Gasteiger partial charge in [0.1, 0.15) is 17.3 Å². The number of aryl methyl sites for hydroxylation is 1. The summed E-state index contributed by atoms with van der Waals surface area (Å²) in [6.07, 6.45) is 4.70. The number of halogens is 1. The van der Waals surface area contributed by atoms with E-state index in [1.54, 1.807) is 12.4 Å². The van der Waals surface area contributed by atoms with Crippen LogP contribution in [0.2, 0.25) is 5.15 Å². The normalized spacial score (nSPS) is 19.4. The molecule has 2 fully saturated rings. The first-order chi connectivity index (χ1) is 15.0. The Kier molecular flexibility index (Phi) is 4.20. The van der Waals surface area contributed by atoms with Gasteiger partial charge in [-0.25, -0.2) is 4.98 Å². The Morgan fingerprint density at radius 3 is 2.77 bits per heavy atom. The van der Waals surface area contributed by atoms with Crippen LogP contribution in [0, 0.1) is 0 Å². The van der Waals surface area contributed by atoms with E-state index in [4.69, 9.17) is 16.3 Å². The summed E-state index contributed by atoms with van der Waals surface area (Å²) in [4.78, 5) is 19.7. The maximum Gasteiger partial charge on any atom is 0.259 e. The lowest BCUT2D eigenvalue weighted by atomic mass is 9.75. The highest BCUT2D eigenvalue weighted by atomic mass is 35.5. The molecule has 1 amide bonds. The van der Waals surface area contributed by atoms with Crippen molar-refractivity contribution < 1.29 is 9.53 Å². The van der Waals surface area contributed by atoms with Gasteiger partial charge in [0.15, 0.2) is 0 Å². The molecule has 1 aromatic carbocycles. The number of hydrogen-bond donors (Lipinski definition) is 0. The summed E-state index contributed by atoms with van der Waals surface area (Å²) in [7, 11) is 1.95. The van der Waals surface area contributed by atoms with Crippen molar-refractivity contribution in [1.82, 2.24) is 19.7 Å².